The minimum atomic E-state index is -0.483. The highest BCUT2D eigenvalue weighted by molar-refractivity contribution is 7.99. The smallest absolute Gasteiger partial charge is 0.340 e. The van der Waals surface area contributed by atoms with Gasteiger partial charge in [0, 0.05) is 6.54 Å². The zero-order valence-corrected chi connectivity index (χ0v) is 18.5. The van der Waals surface area contributed by atoms with Gasteiger partial charge in [0.15, 0.2) is 11.0 Å². The van der Waals surface area contributed by atoms with Crippen LogP contribution in [0.25, 0.3) is 0 Å². The Labute approximate surface area is 182 Å². The number of anilines is 1. The Kier molecular flexibility index (Phi) is 7.47. The topological polar surface area (TPSA) is 95.3 Å². The highest BCUT2D eigenvalue weighted by Crippen LogP contribution is 2.25. The minimum absolute atomic E-state index is 0.134. The van der Waals surface area contributed by atoms with E-state index in [9.17, 15) is 9.59 Å². The summed E-state index contributed by atoms with van der Waals surface area (Å²) >= 11 is 2.54. The van der Waals surface area contributed by atoms with E-state index in [1.165, 1.54) is 30.2 Å². The largest absolute Gasteiger partial charge is 0.486 e. The molecule has 0 aliphatic rings. The molecule has 0 spiro atoms. The van der Waals surface area contributed by atoms with E-state index < -0.39 is 5.97 Å². The number of rotatable bonds is 9. The fourth-order valence-corrected chi connectivity index (χ4v) is 4.21. The second-order valence-electron chi connectivity index (χ2n) is 6.24. The van der Waals surface area contributed by atoms with Crippen molar-refractivity contribution in [2.75, 3.05) is 18.2 Å². The summed E-state index contributed by atoms with van der Waals surface area (Å²) in [5.41, 5.74) is 1.51. The van der Waals surface area contributed by atoms with Crippen LogP contribution in [0.3, 0.4) is 0 Å². The first kappa shape index (κ1) is 21.8. The van der Waals surface area contributed by atoms with E-state index >= 15 is 0 Å². The van der Waals surface area contributed by atoms with Crippen LogP contribution in [0.5, 0.6) is 5.75 Å². The third kappa shape index (κ3) is 5.39. The number of thiophene rings is 1. The number of benzene rings is 1. The zero-order chi connectivity index (χ0) is 21.5. The fourth-order valence-electron chi connectivity index (χ4n) is 2.60. The highest BCUT2D eigenvalue weighted by atomic mass is 32.2. The zero-order valence-electron chi connectivity index (χ0n) is 16.9. The van der Waals surface area contributed by atoms with Gasteiger partial charge in [-0.2, -0.15) is 0 Å². The number of carbonyl (C=O) groups excluding carboxylic acids is 2. The van der Waals surface area contributed by atoms with Crippen molar-refractivity contribution < 1.29 is 19.1 Å². The molecule has 0 aliphatic heterocycles. The van der Waals surface area contributed by atoms with Gasteiger partial charge in [0.05, 0.1) is 18.4 Å². The van der Waals surface area contributed by atoms with E-state index in [1.807, 2.05) is 42.7 Å². The number of hydrogen-bond acceptors (Lipinski definition) is 8. The van der Waals surface area contributed by atoms with Crippen molar-refractivity contribution in [1.29, 1.82) is 0 Å². The molecule has 1 aromatic carbocycles. The molecule has 8 nitrogen and oxygen atoms in total. The van der Waals surface area contributed by atoms with Crippen LogP contribution in [0.15, 0.2) is 40.9 Å². The molecule has 0 fully saturated rings. The number of aryl methyl sites for hydroxylation is 1. The fraction of sp³-hybridized carbons (Fsp3) is 0.300. The molecular weight excluding hydrogens is 424 g/mol. The normalized spacial score (nSPS) is 10.6. The van der Waals surface area contributed by atoms with Gasteiger partial charge >= 0.3 is 5.97 Å². The van der Waals surface area contributed by atoms with Gasteiger partial charge in [-0.1, -0.05) is 29.5 Å². The van der Waals surface area contributed by atoms with Crippen LogP contribution >= 0.6 is 23.1 Å². The number of nitrogens with one attached hydrogen (secondary N) is 1. The summed E-state index contributed by atoms with van der Waals surface area (Å²) in [5.74, 6) is 0.860. The molecule has 0 aliphatic carbocycles. The van der Waals surface area contributed by atoms with Crippen molar-refractivity contribution in [3.8, 4) is 5.75 Å². The molecule has 3 rings (SSSR count). The molecule has 2 heterocycles. The number of aromatic nitrogens is 3. The van der Waals surface area contributed by atoms with Gasteiger partial charge in [0.1, 0.15) is 17.4 Å². The Hall–Kier alpha value is -2.85. The third-order valence-electron chi connectivity index (χ3n) is 4.15. The van der Waals surface area contributed by atoms with Crippen LogP contribution in [-0.2, 0) is 22.7 Å². The van der Waals surface area contributed by atoms with Gasteiger partial charge < -0.3 is 19.4 Å². The number of hydrogen-bond donors (Lipinski definition) is 1. The lowest BCUT2D eigenvalue weighted by Crippen LogP contribution is -2.16. The maximum Gasteiger partial charge on any atom is 0.340 e. The minimum Gasteiger partial charge on any atom is -0.486 e. The summed E-state index contributed by atoms with van der Waals surface area (Å²) in [4.78, 5) is 24.0. The number of amides is 1. The van der Waals surface area contributed by atoms with Gasteiger partial charge in [0.2, 0.25) is 5.91 Å². The van der Waals surface area contributed by atoms with Crippen LogP contribution in [-0.4, -0.2) is 39.5 Å². The number of esters is 1. The number of thioether (sulfide) groups is 1. The average Bonchev–Trinajstić information content (AvgIpc) is 3.37. The SMILES string of the molecule is CCn1c(COc2ccc(C)cc2)nnc1SCC(=O)Nc1sccc1C(=O)OC. The number of ether oxygens (including phenoxy) is 2. The van der Waals surface area contributed by atoms with Crippen LogP contribution in [0, 0.1) is 6.92 Å². The molecule has 158 valence electrons. The van der Waals surface area contributed by atoms with Crippen molar-refractivity contribution in [2.24, 2.45) is 0 Å². The summed E-state index contributed by atoms with van der Waals surface area (Å²) < 4.78 is 12.4. The quantitative estimate of drug-likeness (QED) is 0.395. The van der Waals surface area contributed by atoms with E-state index in [-0.39, 0.29) is 18.3 Å². The second kappa shape index (κ2) is 10.3. The summed E-state index contributed by atoms with van der Waals surface area (Å²) in [6.07, 6.45) is 0. The van der Waals surface area contributed by atoms with Crippen molar-refractivity contribution >= 4 is 40.0 Å². The Morgan fingerprint density at radius 1 is 1.20 bits per heavy atom. The lowest BCUT2D eigenvalue weighted by Gasteiger charge is -2.09. The van der Waals surface area contributed by atoms with E-state index in [0.717, 1.165) is 11.3 Å². The van der Waals surface area contributed by atoms with Gasteiger partial charge in [-0.3, -0.25) is 4.79 Å². The number of methoxy groups -OCH3 is 1. The summed E-state index contributed by atoms with van der Waals surface area (Å²) in [7, 11) is 1.30. The first-order valence-electron chi connectivity index (χ1n) is 9.21. The van der Waals surface area contributed by atoms with Crippen LogP contribution < -0.4 is 10.1 Å². The Morgan fingerprint density at radius 2 is 1.97 bits per heavy atom. The molecule has 2 aromatic heterocycles. The Morgan fingerprint density at radius 3 is 2.67 bits per heavy atom. The molecular formula is C20H22N4O4S2. The maximum atomic E-state index is 12.3. The van der Waals surface area contributed by atoms with Crippen molar-refractivity contribution in [3.05, 3.63) is 52.7 Å². The van der Waals surface area contributed by atoms with Crippen molar-refractivity contribution in [1.82, 2.24) is 14.8 Å². The molecule has 3 aromatic rings. The molecule has 30 heavy (non-hydrogen) atoms. The van der Waals surface area contributed by atoms with E-state index in [1.54, 1.807) is 11.4 Å². The number of nitrogens with zero attached hydrogens (tertiary/aromatic N) is 3. The lowest BCUT2D eigenvalue weighted by molar-refractivity contribution is -0.113. The molecule has 1 amide bonds. The van der Waals surface area contributed by atoms with Crippen LogP contribution in [0.1, 0.15) is 28.7 Å². The third-order valence-corrected chi connectivity index (χ3v) is 5.95. The second-order valence-corrected chi connectivity index (χ2v) is 8.10. The summed E-state index contributed by atoms with van der Waals surface area (Å²) in [6.45, 7) is 4.94. The lowest BCUT2D eigenvalue weighted by atomic mass is 10.2. The van der Waals surface area contributed by atoms with E-state index in [2.05, 4.69) is 15.5 Å². The van der Waals surface area contributed by atoms with E-state index in [4.69, 9.17) is 9.47 Å². The van der Waals surface area contributed by atoms with Gasteiger partial charge in [-0.15, -0.1) is 21.5 Å². The highest BCUT2D eigenvalue weighted by Gasteiger charge is 2.17. The van der Waals surface area contributed by atoms with Crippen LogP contribution in [0.4, 0.5) is 5.00 Å². The van der Waals surface area contributed by atoms with E-state index in [0.29, 0.717) is 28.1 Å². The Balaban J connectivity index is 1.58. The first-order valence-corrected chi connectivity index (χ1v) is 11.1. The van der Waals surface area contributed by atoms with Gasteiger partial charge in [0.25, 0.3) is 0 Å². The average molecular weight is 447 g/mol. The van der Waals surface area contributed by atoms with Gasteiger partial charge in [-0.25, -0.2) is 4.79 Å². The molecule has 0 radical (unpaired) electrons. The molecule has 0 saturated carbocycles. The Bertz CT molecular complexity index is 1010. The summed E-state index contributed by atoms with van der Waals surface area (Å²) in [5, 5.41) is 14.0. The van der Waals surface area contributed by atoms with Crippen molar-refractivity contribution in [2.45, 2.75) is 32.2 Å². The predicted octanol–water partition coefficient (Wildman–Crippen LogP) is 3.76. The molecule has 10 heteroatoms. The standard InChI is InChI=1S/C20H22N4O4S2/c1-4-24-16(11-28-14-7-5-13(2)6-8-14)22-23-20(24)30-12-17(25)21-18-15(9-10-29-18)19(26)27-3/h5-10H,4,11-12H2,1-3H3,(H,21,25). The monoisotopic (exact) mass is 446 g/mol. The molecule has 0 saturated heterocycles. The molecule has 1 N–H and O–H groups in total. The predicted molar refractivity (Wildman–Crippen MR) is 116 cm³/mol. The first-order chi connectivity index (χ1) is 14.5. The maximum absolute atomic E-state index is 12.3. The molecule has 0 unspecified atom stereocenters. The van der Waals surface area contributed by atoms with Crippen molar-refractivity contribution in [3.63, 3.8) is 0 Å². The number of carbonyl (C=O) groups is 2. The molecule has 0 bridgehead atoms. The molecule has 0 atom stereocenters. The van der Waals surface area contributed by atoms with Gasteiger partial charge in [-0.05, 0) is 37.4 Å². The van der Waals surface area contributed by atoms with Crippen LogP contribution in [0.2, 0.25) is 0 Å². The summed E-state index contributed by atoms with van der Waals surface area (Å²) in [6, 6.07) is 9.41.